The number of nitrogens with zero attached hydrogens (tertiary/aromatic N) is 6. The van der Waals surface area contributed by atoms with Crippen LogP contribution < -0.4 is 15.0 Å². The molecular formula is C23H22ClN7O3S. The molecule has 1 aliphatic heterocycles. The molecule has 0 unspecified atom stereocenters. The van der Waals surface area contributed by atoms with Crippen molar-refractivity contribution in [2.45, 2.75) is 19.9 Å². The lowest BCUT2D eigenvalue weighted by Crippen LogP contribution is -2.44. The summed E-state index contributed by atoms with van der Waals surface area (Å²) in [6.45, 7) is 5.91. The molecule has 0 spiro atoms. The first kappa shape index (κ1) is 23.3. The number of ether oxygens (including phenoxy) is 2. The standard InChI is InChI=1S/C23H22ClN7O3S/c1-12-6-14(15-7-19(24)26-10-18(15)33-3)16(8-25-12)20(32)29-23-28-17-9-27-22(30-21(17)35-23)31-4-5-34-11-13(31)2/h6-10,13H,4-5,11H2,1-3H3,(H,28,29,32)/t13-/m0/s1. The van der Waals surface area contributed by atoms with Gasteiger partial charge in [-0.25, -0.2) is 15.0 Å². The molecule has 5 rings (SSSR count). The maximum Gasteiger partial charge on any atom is 0.259 e. The molecule has 0 aliphatic carbocycles. The third-order valence-corrected chi connectivity index (χ3v) is 6.70. The van der Waals surface area contributed by atoms with Crippen LogP contribution in [0.25, 0.3) is 21.5 Å². The Labute approximate surface area is 210 Å². The fourth-order valence-electron chi connectivity index (χ4n) is 3.86. The molecule has 1 saturated heterocycles. The van der Waals surface area contributed by atoms with Crippen LogP contribution in [-0.4, -0.2) is 63.7 Å². The van der Waals surface area contributed by atoms with Gasteiger partial charge in [-0.05, 0) is 26.0 Å². The minimum absolute atomic E-state index is 0.180. The number of methoxy groups -OCH3 is 1. The van der Waals surface area contributed by atoms with Gasteiger partial charge in [-0.1, -0.05) is 22.9 Å². The fraction of sp³-hybridized carbons (Fsp3) is 0.304. The molecule has 35 heavy (non-hydrogen) atoms. The lowest BCUT2D eigenvalue weighted by molar-refractivity contribution is 0.0981. The summed E-state index contributed by atoms with van der Waals surface area (Å²) in [4.78, 5) is 38.1. The molecule has 4 aromatic rings. The van der Waals surface area contributed by atoms with Gasteiger partial charge >= 0.3 is 0 Å². The van der Waals surface area contributed by atoms with Crippen molar-refractivity contribution in [1.82, 2.24) is 24.9 Å². The van der Waals surface area contributed by atoms with Gasteiger partial charge in [0.2, 0.25) is 5.95 Å². The zero-order valence-electron chi connectivity index (χ0n) is 19.3. The normalized spacial score (nSPS) is 15.9. The van der Waals surface area contributed by atoms with Crippen LogP contribution in [0.4, 0.5) is 11.1 Å². The van der Waals surface area contributed by atoms with Crippen LogP contribution >= 0.6 is 22.9 Å². The van der Waals surface area contributed by atoms with E-state index in [0.29, 0.717) is 57.1 Å². The van der Waals surface area contributed by atoms with E-state index in [9.17, 15) is 4.79 Å². The molecule has 1 N–H and O–H groups in total. The summed E-state index contributed by atoms with van der Waals surface area (Å²) in [5, 5.41) is 3.58. The molecule has 12 heteroatoms. The van der Waals surface area contributed by atoms with E-state index in [1.54, 1.807) is 12.3 Å². The fourth-order valence-corrected chi connectivity index (χ4v) is 4.82. The van der Waals surface area contributed by atoms with Crippen molar-refractivity contribution in [3.63, 3.8) is 0 Å². The van der Waals surface area contributed by atoms with Crippen molar-refractivity contribution in [1.29, 1.82) is 0 Å². The predicted molar refractivity (Wildman–Crippen MR) is 135 cm³/mol. The zero-order valence-corrected chi connectivity index (χ0v) is 20.9. The summed E-state index contributed by atoms with van der Waals surface area (Å²) in [6.07, 6.45) is 4.72. The zero-order chi connectivity index (χ0) is 24.5. The van der Waals surface area contributed by atoms with E-state index in [4.69, 9.17) is 21.1 Å². The van der Waals surface area contributed by atoms with Gasteiger partial charge < -0.3 is 14.4 Å². The van der Waals surface area contributed by atoms with E-state index in [1.165, 1.54) is 30.8 Å². The lowest BCUT2D eigenvalue weighted by atomic mass is 10.0. The van der Waals surface area contributed by atoms with Gasteiger partial charge in [0.1, 0.15) is 16.4 Å². The second kappa shape index (κ2) is 9.68. The molecule has 1 fully saturated rings. The average Bonchev–Trinajstić information content (AvgIpc) is 3.25. The number of pyridine rings is 2. The van der Waals surface area contributed by atoms with Crippen LogP contribution in [0.1, 0.15) is 23.0 Å². The van der Waals surface area contributed by atoms with E-state index in [-0.39, 0.29) is 17.1 Å². The number of aryl methyl sites for hydroxylation is 1. The Morgan fingerprint density at radius 3 is 2.86 bits per heavy atom. The van der Waals surface area contributed by atoms with Gasteiger partial charge in [0.15, 0.2) is 9.96 Å². The van der Waals surface area contributed by atoms with Crippen molar-refractivity contribution in [2.24, 2.45) is 0 Å². The summed E-state index contributed by atoms with van der Waals surface area (Å²) in [6, 6.07) is 3.65. The number of nitrogens with one attached hydrogen (secondary N) is 1. The molecule has 0 bridgehead atoms. The first-order valence-corrected chi connectivity index (χ1v) is 12.1. The Morgan fingerprint density at radius 1 is 1.20 bits per heavy atom. The van der Waals surface area contributed by atoms with Crippen molar-refractivity contribution >= 4 is 50.3 Å². The lowest BCUT2D eigenvalue weighted by Gasteiger charge is -2.33. The van der Waals surface area contributed by atoms with Crippen LogP contribution in [0.2, 0.25) is 5.15 Å². The topological polar surface area (TPSA) is 115 Å². The highest BCUT2D eigenvalue weighted by molar-refractivity contribution is 7.22. The predicted octanol–water partition coefficient (Wildman–Crippen LogP) is 3.99. The molecule has 0 saturated carbocycles. The van der Waals surface area contributed by atoms with Gasteiger partial charge in [0.05, 0.1) is 44.3 Å². The van der Waals surface area contributed by atoms with Crippen LogP contribution in [-0.2, 0) is 4.74 Å². The number of aromatic nitrogens is 5. The Hall–Kier alpha value is -3.41. The molecular weight excluding hydrogens is 490 g/mol. The van der Waals surface area contributed by atoms with E-state index in [1.807, 2.05) is 13.0 Å². The van der Waals surface area contributed by atoms with E-state index in [2.05, 4.69) is 42.1 Å². The minimum Gasteiger partial charge on any atom is -0.494 e. The van der Waals surface area contributed by atoms with Crippen LogP contribution in [0.15, 0.2) is 30.7 Å². The van der Waals surface area contributed by atoms with E-state index in [0.717, 1.165) is 12.2 Å². The summed E-state index contributed by atoms with van der Waals surface area (Å²) in [5.74, 6) is 0.757. The Balaban J connectivity index is 1.45. The van der Waals surface area contributed by atoms with Crippen molar-refractivity contribution in [2.75, 3.05) is 37.1 Å². The molecule has 1 aliphatic rings. The molecule has 0 radical (unpaired) electrons. The highest BCUT2D eigenvalue weighted by atomic mass is 35.5. The molecule has 0 aromatic carbocycles. The van der Waals surface area contributed by atoms with Crippen LogP contribution in [0, 0.1) is 6.92 Å². The van der Waals surface area contributed by atoms with Crippen molar-refractivity contribution < 1.29 is 14.3 Å². The monoisotopic (exact) mass is 511 g/mol. The SMILES string of the molecule is COc1cnc(Cl)cc1-c1cc(C)ncc1C(=O)Nc1nc2cnc(N3CCOC[C@@H]3C)nc2s1. The number of anilines is 2. The molecule has 4 aromatic heterocycles. The molecule has 1 amide bonds. The van der Waals surface area contributed by atoms with Gasteiger partial charge in [-0.15, -0.1) is 0 Å². The maximum atomic E-state index is 13.3. The summed E-state index contributed by atoms with van der Waals surface area (Å²) in [5.41, 5.74) is 2.97. The Morgan fingerprint density at radius 2 is 2.06 bits per heavy atom. The molecule has 5 heterocycles. The summed E-state index contributed by atoms with van der Waals surface area (Å²) >= 11 is 7.42. The van der Waals surface area contributed by atoms with Gasteiger partial charge in [0, 0.05) is 29.6 Å². The van der Waals surface area contributed by atoms with Crippen LogP contribution in [0.3, 0.4) is 0 Å². The quantitative estimate of drug-likeness (QED) is 0.397. The van der Waals surface area contributed by atoms with E-state index < -0.39 is 0 Å². The minimum atomic E-state index is -0.364. The van der Waals surface area contributed by atoms with Gasteiger partial charge in [0.25, 0.3) is 5.91 Å². The Bertz CT molecular complexity index is 1410. The highest BCUT2D eigenvalue weighted by Crippen LogP contribution is 2.34. The number of rotatable bonds is 5. The third kappa shape index (κ3) is 4.75. The number of amides is 1. The molecule has 180 valence electrons. The van der Waals surface area contributed by atoms with E-state index >= 15 is 0 Å². The number of carbonyl (C=O) groups is 1. The largest absolute Gasteiger partial charge is 0.494 e. The summed E-state index contributed by atoms with van der Waals surface area (Å²) in [7, 11) is 1.54. The second-order valence-electron chi connectivity index (χ2n) is 8.03. The van der Waals surface area contributed by atoms with Crippen molar-refractivity contribution in [3.8, 4) is 16.9 Å². The number of halogens is 1. The maximum absolute atomic E-state index is 13.3. The number of morpholine rings is 1. The number of thiazole rings is 1. The van der Waals surface area contributed by atoms with Gasteiger partial charge in [-0.2, -0.15) is 4.98 Å². The molecule has 1 atom stereocenters. The van der Waals surface area contributed by atoms with Crippen molar-refractivity contribution in [3.05, 3.63) is 47.1 Å². The second-order valence-corrected chi connectivity index (χ2v) is 9.39. The highest BCUT2D eigenvalue weighted by Gasteiger charge is 2.23. The smallest absolute Gasteiger partial charge is 0.259 e. The van der Waals surface area contributed by atoms with Gasteiger partial charge in [-0.3, -0.25) is 15.1 Å². The number of hydrogen-bond donors (Lipinski definition) is 1. The average molecular weight is 512 g/mol. The molecule has 10 nitrogen and oxygen atoms in total. The van der Waals surface area contributed by atoms with Crippen LogP contribution in [0.5, 0.6) is 5.75 Å². The first-order chi connectivity index (χ1) is 16.9. The first-order valence-electron chi connectivity index (χ1n) is 10.9. The summed E-state index contributed by atoms with van der Waals surface area (Å²) < 4.78 is 10.9. The Kier molecular flexibility index (Phi) is 6.46. The number of fused-ring (bicyclic) bond motifs is 1. The number of hydrogen-bond acceptors (Lipinski definition) is 10. The third-order valence-electron chi connectivity index (χ3n) is 5.61. The number of carbonyl (C=O) groups excluding carboxylic acids is 1.